The van der Waals surface area contributed by atoms with Gasteiger partial charge in [-0.1, -0.05) is 153 Å². The van der Waals surface area contributed by atoms with Gasteiger partial charge < -0.3 is 9.80 Å². The average Bonchev–Trinajstić information content (AvgIpc) is 3.27. The van der Waals surface area contributed by atoms with Gasteiger partial charge in [-0.25, -0.2) is 0 Å². The summed E-state index contributed by atoms with van der Waals surface area (Å²) in [5.74, 6) is 1.34. The van der Waals surface area contributed by atoms with E-state index < -0.39 is 0 Å². The van der Waals surface area contributed by atoms with E-state index in [2.05, 4.69) is 197 Å². The molecule has 0 saturated heterocycles. The maximum Gasteiger partial charge on any atom is 0.0543 e. The molecule has 7 aromatic carbocycles. The molecule has 2 aliphatic rings. The molecule has 0 unspecified atom stereocenters. The van der Waals surface area contributed by atoms with Gasteiger partial charge in [-0.2, -0.15) is 0 Å². The average molecular weight is 789 g/mol. The van der Waals surface area contributed by atoms with Gasteiger partial charge in [0.1, 0.15) is 0 Å². The molecular weight excluding hydrogens is 725 g/mol. The topological polar surface area (TPSA) is 6.48 Å². The Morgan fingerprint density at radius 1 is 0.367 bits per heavy atom. The summed E-state index contributed by atoms with van der Waals surface area (Å²) in [6.45, 7) is 14.1. The zero-order valence-electron chi connectivity index (χ0n) is 37.0. The molecule has 0 amide bonds. The predicted octanol–water partition coefficient (Wildman–Crippen LogP) is 17.6. The van der Waals surface area contributed by atoms with Crippen molar-refractivity contribution in [1.29, 1.82) is 0 Å². The summed E-state index contributed by atoms with van der Waals surface area (Å²) in [7, 11) is 0. The fraction of sp³-hybridized carbons (Fsp3) is 0.345. The Hall–Kier alpha value is -5.34. The van der Waals surface area contributed by atoms with Gasteiger partial charge in [-0.3, -0.25) is 0 Å². The molecule has 0 atom stereocenters. The standard InChI is InChI=1S/C58H64N2/c1-57(2,3)47-35-45-37-54-46(38-53(45)55(39-47)59(49-23-15-9-16-24-49)51-31-27-43(28-32-51)41-19-11-7-12-20-41)36-48(58(4,5)6)40-56(54)60(50-25-17-10-18-26-50)52-33-29-44(30-34-52)42-21-13-8-14-22-42/h9-10,15-18,23-42H,7-8,11-14,19-22H2,1-6H3. The second-order valence-electron chi connectivity index (χ2n) is 20.0. The number of rotatable bonds is 8. The van der Waals surface area contributed by atoms with Gasteiger partial charge in [0.2, 0.25) is 0 Å². The molecule has 2 fully saturated rings. The first-order chi connectivity index (χ1) is 29.0. The lowest BCUT2D eigenvalue weighted by molar-refractivity contribution is 0.443. The molecule has 0 spiro atoms. The Morgan fingerprint density at radius 2 is 0.700 bits per heavy atom. The quantitative estimate of drug-likeness (QED) is 0.142. The highest BCUT2D eigenvalue weighted by atomic mass is 15.1. The first kappa shape index (κ1) is 40.1. The molecule has 2 aliphatic carbocycles. The Bertz CT molecular complexity index is 2360. The molecule has 306 valence electrons. The van der Waals surface area contributed by atoms with Crippen molar-refractivity contribution < 1.29 is 0 Å². The number of hydrogen-bond acceptors (Lipinski definition) is 2. The third kappa shape index (κ3) is 8.23. The first-order valence-electron chi connectivity index (χ1n) is 23.0. The minimum Gasteiger partial charge on any atom is -0.310 e. The monoisotopic (exact) mass is 789 g/mol. The number of fused-ring (bicyclic) bond motifs is 2. The molecule has 2 heteroatoms. The molecule has 7 aromatic rings. The Morgan fingerprint density at radius 3 is 1.03 bits per heavy atom. The molecule has 0 radical (unpaired) electrons. The van der Waals surface area contributed by atoms with Crippen LogP contribution in [-0.2, 0) is 10.8 Å². The SMILES string of the molecule is CC(C)(C)c1cc(N(c2ccccc2)c2ccc(C3CCCCC3)cc2)c2cc3cc(C(C)(C)C)cc(N(c4ccccc4)c4ccc(C5CCCCC5)cc4)c3cc2c1. The molecule has 0 aromatic heterocycles. The fourth-order valence-electron chi connectivity index (χ4n) is 10.1. The third-order valence-corrected chi connectivity index (χ3v) is 13.7. The van der Waals surface area contributed by atoms with E-state index in [1.807, 2.05) is 0 Å². The molecular formula is C58H64N2. The van der Waals surface area contributed by atoms with Crippen molar-refractivity contribution in [2.24, 2.45) is 0 Å². The predicted molar refractivity (Wildman–Crippen MR) is 260 cm³/mol. The lowest BCUT2D eigenvalue weighted by atomic mass is 9.83. The number of anilines is 6. The van der Waals surface area contributed by atoms with E-state index in [0.717, 1.165) is 0 Å². The first-order valence-corrected chi connectivity index (χ1v) is 23.0. The minimum atomic E-state index is -0.0554. The van der Waals surface area contributed by atoms with Crippen molar-refractivity contribution in [3.63, 3.8) is 0 Å². The third-order valence-electron chi connectivity index (χ3n) is 13.7. The number of benzene rings is 7. The highest BCUT2D eigenvalue weighted by molar-refractivity contribution is 6.11. The van der Waals surface area contributed by atoms with E-state index in [9.17, 15) is 0 Å². The Kier molecular flexibility index (Phi) is 11.1. The minimum absolute atomic E-state index is 0.0554. The highest BCUT2D eigenvalue weighted by Gasteiger charge is 2.26. The summed E-state index contributed by atoms with van der Waals surface area (Å²) >= 11 is 0. The van der Waals surface area contributed by atoms with Crippen LogP contribution in [0.25, 0.3) is 21.5 Å². The van der Waals surface area contributed by atoms with Crippen molar-refractivity contribution >= 4 is 55.7 Å². The van der Waals surface area contributed by atoms with Gasteiger partial charge >= 0.3 is 0 Å². The van der Waals surface area contributed by atoms with E-state index in [1.54, 1.807) is 0 Å². The molecule has 2 nitrogen and oxygen atoms in total. The van der Waals surface area contributed by atoms with Crippen molar-refractivity contribution in [2.75, 3.05) is 9.80 Å². The maximum absolute atomic E-state index is 2.51. The van der Waals surface area contributed by atoms with Crippen LogP contribution in [0.2, 0.25) is 0 Å². The summed E-state index contributed by atoms with van der Waals surface area (Å²) in [5, 5.41) is 5.04. The van der Waals surface area contributed by atoms with Gasteiger partial charge in [-0.05, 0) is 154 Å². The van der Waals surface area contributed by atoms with Crippen LogP contribution in [0.5, 0.6) is 0 Å². The maximum atomic E-state index is 2.51. The Labute approximate surface area is 360 Å². The summed E-state index contributed by atoms with van der Waals surface area (Å²) in [5.41, 5.74) is 12.7. The molecule has 60 heavy (non-hydrogen) atoms. The van der Waals surface area contributed by atoms with Crippen LogP contribution >= 0.6 is 0 Å². The molecule has 0 heterocycles. The van der Waals surface area contributed by atoms with Gasteiger partial charge in [0.15, 0.2) is 0 Å². The zero-order valence-corrected chi connectivity index (χ0v) is 37.0. The van der Waals surface area contributed by atoms with Crippen LogP contribution in [0.3, 0.4) is 0 Å². The van der Waals surface area contributed by atoms with Crippen molar-refractivity contribution in [3.05, 3.63) is 168 Å². The van der Waals surface area contributed by atoms with Gasteiger partial charge in [0.05, 0.1) is 11.4 Å². The van der Waals surface area contributed by atoms with E-state index >= 15 is 0 Å². The van der Waals surface area contributed by atoms with Crippen molar-refractivity contribution in [1.82, 2.24) is 0 Å². The lowest BCUT2D eigenvalue weighted by Crippen LogP contribution is -2.16. The van der Waals surface area contributed by atoms with Crippen LogP contribution in [0.4, 0.5) is 34.1 Å². The van der Waals surface area contributed by atoms with E-state index in [4.69, 9.17) is 0 Å². The molecule has 2 saturated carbocycles. The van der Waals surface area contributed by atoms with E-state index in [-0.39, 0.29) is 10.8 Å². The van der Waals surface area contributed by atoms with Crippen molar-refractivity contribution in [3.8, 4) is 0 Å². The van der Waals surface area contributed by atoms with Crippen LogP contribution in [0.1, 0.15) is 140 Å². The molecule has 0 bridgehead atoms. The fourth-order valence-corrected chi connectivity index (χ4v) is 10.1. The van der Waals surface area contributed by atoms with Crippen molar-refractivity contribution in [2.45, 2.75) is 128 Å². The van der Waals surface area contributed by atoms with Gasteiger partial charge in [-0.15, -0.1) is 0 Å². The van der Waals surface area contributed by atoms with Crippen LogP contribution in [-0.4, -0.2) is 0 Å². The number of hydrogen-bond donors (Lipinski definition) is 0. The van der Waals surface area contributed by atoms with E-state index in [0.29, 0.717) is 11.8 Å². The van der Waals surface area contributed by atoms with Gasteiger partial charge in [0.25, 0.3) is 0 Å². The second-order valence-corrected chi connectivity index (χ2v) is 20.0. The summed E-state index contributed by atoms with van der Waals surface area (Å²) in [4.78, 5) is 5.01. The normalized spacial score (nSPS) is 15.7. The second kappa shape index (κ2) is 16.6. The lowest BCUT2D eigenvalue weighted by Gasteiger charge is -2.32. The number of para-hydroxylation sites is 2. The summed E-state index contributed by atoms with van der Waals surface area (Å²) in [6, 6.07) is 56.0. The molecule has 0 N–H and O–H groups in total. The van der Waals surface area contributed by atoms with Crippen LogP contribution in [0.15, 0.2) is 146 Å². The van der Waals surface area contributed by atoms with Crippen LogP contribution < -0.4 is 9.80 Å². The zero-order chi connectivity index (χ0) is 41.4. The highest BCUT2D eigenvalue weighted by Crippen LogP contribution is 2.47. The number of nitrogens with zero attached hydrogens (tertiary/aromatic N) is 2. The Balaban J connectivity index is 1.27. The smallest absolute Gasteiger partial charge is 0.0543 e. The summed E-state index contributed by atoms with van der Waals surface area (Å²) in [6.07, 6.45) is 13.3. The summed E-state index contributed by atoms with van der Waals surface area (Å²) < 4.78 is 0. The largest absolute Gasteiger partial charge is 0.310 e. The van der Waals surface area contributed by atoms with E-state index in [1.165, 1.54) is 142 Å². The van der Waals surface area contributed by atoms with Crippen LogP contribution in [0, 0.1) is 0 Å². The van der Waals surface area contributed by atoms with Gasteiger partial charge in [0, 0.05) is 33.5 Å². The molecule has 0 aliphatic heterocycles. The molecule has 9 rings (SSSR count).